The Morgan fingerprint density at radius 2 is 2.11 bits per heavy atom. The Morgan fingerprint density at radius 1 is 1.44 bits per heavy atom. The Balaban J connectivity index is 2.89. The standard InChI is InChI=1S/C14H19Cl2NO/c1-9(2)4-5-18-14-11(6-10(3)17)7-12(15)8-13(14)16/h7-8,10H,1,4-6,17H2,2-3H3. The monoisotopic (exact) mass is 287 g/mol. The van der Waals surface area contributed by atoms with Crippen molar-refractivity contribution in [2.45, 2.75) is 32.7 Å². The zero-order valence-corrected chi connectivity index (χ0v) is 12.3. The van der Waals surface area contributed by atoms with Gasteiger partial charge in [-0.3, -0.25) is 0 Å². The van der Waals surface area contributed by atoms with Crippen LogP contribution in [0.1, 0.15) is 25.8 Å². The summed E-state index contributed by atoms with van der Waals surface area (Å²) in [5, 5.41) is 1.13. The van der Waals surface area contributed by atoms with Crippen molar-refractivity contribution >= 4 is 23.2 Å². The van der Waals surface area contributed by atoms with Gasteiger partial charge in [0.2, 0.25) is 0 Å². The van der Waals surface area contributed by atoms with Gasteiger partial charge in [-0.05, 0) is 38.0 Å². The fraction of sp³-hybridized carbons (Fsp3) is 0.429. The van der Waals surface area contributed by atoms with E-state index in [1.807, 2.05) is 19.9 Å². The molecule has 2 N–H and O–H groups in total. The summed E-state index contributed by atoms with van der Waals surface area (Å²) >= 11 is 12.2. The van der Waals surface area contributed by atoms with E-state index in [0.717, 1.165) is 17.6 Å². The van der Waals surface area contributed by atoms with Crippen LogP contribution in [0.25, 0.3) is 0 Å². The van der Waals surface area contributed by atoms with Crippen molar-refractivity contribution in [3.05, 3.63) is 39.9 Å². The number of nitrogens with two attached hydrogens (primary N) is 1. The number of hydrogen-bond acceptors (Lipinski definition) is 2. The van der Waals surface area contributed by atoms with Crippen LogP contribution < -0.4 is 10.5 Å². The predicted molar refractivity (Wildman–Crippen MR) is 78.7 cm³/mol. The second-order valence-electron chi connectivity index (χ2n) is 4.61. The Labute approximate surface area is 119 Å². The maximum atomic E-state index is 6.16. The van der Waals surface area contributed by atoms with Crippen LogP contribution in [-0.4, -0.2) is 12.6 Å². The van der Waals surface area contributed by atoms with Gasteiger partial charge in [0.05, 0.1) is 11.6 Å². The Bertz CT molecular complexity index is 430. The maximum Gasteiger partial charge on any atom is 0.141 e. The molecule has 0 fully saturated rings. The average Bonchev–Trinajstić information content (AvgIpc) is 2.20. The highest BCUT2D eigenvalue weighted by Gasteiger charge is 2.12. The number of rotatable bonds is 6. The van der Waals surface area contributed by atoms with Gasteiger partial charge < -0.3 is 10.5 Å². The minimum atomic E-state index is 0.0306. The molecular weight excluding hydrogens is 269 g/mol. The summed E-state index contributed by atoms with van der Waals surface area (Å²) in [5.41, 5.74) is 7.84. The molecule has 0 aliphatic heterocycles. The first-order valence-electron chi connectivity index (χ1n) is 5.91. The van der Waals surface area contributed by atoms with E-state index in [-0.39, 0.29) is 6.04 Å². The molecule has 1 unspecified atom stereocenters. The van der Waals surface area contributed by atoms with Crippen molar-refractivity contribution < 1.29 is 4.74 Å². The topological polar surface area (TPSA) is 35.2 Å². The average molecular weight is 288 g/mol. The van der Waals surface area contributed by atoms with E-state index >= 15 is 0 Å². The lowest BCUT2D eigenvalue weighted by atomic mass is 10.1. The van der Waals surface area contributed by atoms with Gasteiger partial charge in [-0.25, -0.2) is 0 Å². The third-order valence-corrected chi connectivity index (χ3v) is 2.90. The van der Waals surface area contributed by atoms with E-state index in [2.05, 4.69) is 6.58 Å². The highest BCUT2D eigenvalue weighted by molar-refractivity contribution is 6.35. The van der Waals surface area contributed by atoms with Crippen molar-refractivity contribution in [3.8, 4) is 5.75 Å². The van der Waals surface area contributed by atoms with E-state index < -0.39 is 0 Å². The minimum Gasteiger partial charge on any atom is -0.491 e. The molecule has 0 saturated heterocycles. The van der Waals surface area contributed by atoms with E-state index in [1.54, 1.807) is 6.07 Å². The lowest BCUT2D eigenvalue weighted by molar-refractivity contribution is 0.318. The first-order valence-corrected chi connectivity index (χ1v) is 6.66. The fourth-order valence-electron chi connectivity index (χ4n) is 1.60. The van der Waals surface area contributed by atoms with Gasteiger partial charge in [0, 0.05) is 17.5 Å². The van der Waals surface area contributed by atoms with Crippen molar-refractivity contribution in [2.75, 3.05) is 6.61 Å². The van der Waals surface area contributed by atoms with Crippen LogP contribution in [0.15, 0.2) is 24.3 Å². The highest BCUT2D eigenvalue weighted by Crippen LogP contribution is 2.33. The lowest BCUT2D eigenvalue weighted by Crippen LogP contribution is -2.18. The lowest BCUT2D eigenvalue weighted by Gasteiger charge is -2.15. The van der Waals surface area contributed by atoms with E-state index in [9.17, 15) is 0 Å². The smallest absolute Gasteiger partial charge is 0.141 e. The molecule has 0 radical (unpaired) electrons. The van der Waals surface area contributed by atoms with Gasteiger partial charge in [0.1, 0.15) is 5.75 Å². The molecule has 100 valence electrons. The Morgan fingerprint density at radius 3 is 2.67 bits per heavy atom. The Kier molecular flexibility index (Phi) is 6.00. The maximum absolute atomic E-state index is 6.16. The molecule has 0 spiro atoms. The molecule has 18 heavy (non-hydrogen) atoms. The molecule has 0 aliphatic rings. The van der Waals surface area contributed by atoms with Gasteiger partial charge in [0.15, 0.2) is 0 Å². The van der Waals surface area contributed by atoms with Crippen LogP contribution in [0.3, 0.4) is 0 Å². The molecule has 0 saturated carbocycles. The zero-order valence-electron chi connectivity index (χ0n) is 10.8. The summed E-state index contributed by atoms with van der Waals surface area (Å²) in [5.74, 6) is 0.680. The third-order valence-electron chi connectivity index (χ3n) is 2.40. The number of hydrogen-bond donors (Lipinski definition) is 1. The van der Waals surface area contributed by atoms with Crippen LogP contribution in [0.5, 0.6) is 5.75 Å². The molecule has 1 aromatic carbocycles. The highest BCUT2D eigenvalue weighted by atomic mass is 35.5. The summed E-state index contributed by atoms with van der Waals surface area (Å²) in [4.78, 5) is 0. The van der Waals surface area contributed by atoms with Crippen LogP contribution in [0, 0.1) is 0 Å². The largest absolute Gasteiger partial charge is 0.491 e. The first-order chi connectivity index (χ1) is 8.40. The summed E-state index contributed by atoms with van der Waals surface area (Å²) in [6, 6.07) is 3.57. The van der Waals surface area contributed by atoms with Crippen LogP contribution in [0.4, 0.5) is 0 Å². The number of ether oxygens (including phenoxy) is 1. The van der Waals surface area contributed by atoms with Gasteiger partial charge in [-0.15, -0.1) is 6.58 Å². The molecule has 0 aliphatic carbocycles. The molecule has 2 nitrogen and oxygen atoms in total. The second kappa shape index (κ2) is 7.03. The summed E-state index contributed by atoms with van der Waals surface area (Å²) in [6.07, 6.45) is 1.49. The zero-order chi connectivity index (χ0) is 13.7. The fourth-order valence-corrected chi connectivity index (χ4v) is 2.19. The molecule has 0 bridgehead atoms. The van der Waals surface area contributed by atoms with E-state index in [4.69, 9.17) is 33.7 Å². The van der Waals surface area contributed by atoms with Crippen LogP contribution in [0.2, 0.25) is 10.0 Å². The van der Waals surface area contributed by atoms with Crippen molar-refractivity contribution in [1.82, 2.24) is 0 Å². The SMILES string of the molecule is C=C(C)CCOc1c(Cl)cc(Cl)cc1CC(C)N. The van der Waals surface area contributed by atoms with E-state index in [1.165, 1.54) is 0 Å². The second-order valence-corrected chi connectivity index (χ2v) is 5.46. The third kappa shape index (κ3) is 4.89. The normalized spacial score (nSPS) is 12.3. The van der Waals surface area contributed by atoms with Gasteiger partial charge in [-0.2, -0.15) is 0 Å². The van der Waals surface area contributed by atoms with Crippen LogP contribution >= 0.6 is 23.2 Å². The molecule has 1 rings (SSSR count). The summed E-state index contributed by atoms with van der Waals surface area (Å²) < 4.78 is 5.73. The van der Waals surface area contributed by atoms with Gasteiger partial charge in [0.25, 0.3) is 0 Å². The summed E-state index contributed by atoms with van der Waals surface area (Å²) in [7, 11) is 0. The molecular formula is C14H19Cl2NO. The van der Waals surface area contributed by atoms with Gasteiger partial charge in [-0.1, -0.05) is 28.8 Å². The molecule has 0 heterocycles. The molecule has 4 heteroatoms. The predicted octanol–water partition coefficient (Wildman–Crippen LogP) is 4.23. The first kappa shape index (κ1) is 15.4. The Hall–Kier alpha value is -0.700. The van der Waals surface area contributed by atoms with Crippen molar-refractivity contribution in [2.24, 2.45) is 5.73 Å². The van der Waals surface area contributed by atoms with Crippen molar-refractivity contribution in [1.29, 1.82) is 0 Å². The molecule has 0 amide bonds. The molecule has 1 atom stereocenters. The molecule has 0 aromatic heterocycles. The summed E-state index contributed by atoms with van der Waals surface area (Å²) in [6.45, 7) is 8.30. The van der Waals surface area contributed by atoms with Crippen LogP contribution in [-0.2, 0) is 6.42 Å². The van der Waals surface area contributed by atoms with Crippen molar-refractivity contribution in [3.63, 3.8) is 0 Å². The van der Waals surface area contributed by atoms with Gasteiger partial charge >= 0.3 is 0 Å². The quantitative estimate of drug-likeness (QED) is 0.795. The van der Waals surface area contributed by atoms with E-state index in [0.29, 0.717) is 28.8 Å². The minimum absolute atomic E-state index is 0.0306. The molecule has 1 aromatic rings. The number of halogens is 2. The number of benzene rings is 1.